The first kappa shape index (κ1) is 19.9. The van der Waals surface area contributed by atoms with Crippen LogP contribution in [0.5, 0.6) is 0 Å². The average molecular weight is 372 g/mol. The van der Waals surface area contributed by atoms with E-state index in [0.717, 1.165) is 31.2 Å². The summed E-state index contributed by atoms with van der Waals surface area (Å²) >= 11 is 0. The molecule has 3 atom stereocenters. The molecule has 148 valence electrons. The van der Waals surface area contributed by atoms with Crippen molar-refractivity contribution in [3.05, 3.63) is 35.9 Å². The second-order valence-electron chi connectivity index (χ2n) is 8.73. The van der Waals surface area contributed by atoms with Gasteiger partial charge in [0.15, 0.2) is 0 Å². The minimum Gasteiger partial charge on any atom is -0.351 e. The van der Waals surface area contributed by atoms with Crippen molar-refractivity contribution >= 4 is 11.8 Å². The first-order chi connectivity index (χ1) is 12.9. The molecule has 1 aromatic rings. The first-order valence-corrected chi connectivity index (χ1v) is 10.3. The summed E-state index contributed by atoms with van der Waals surface area (Å²) in [6.45, 7) is 4.01. The van der Waals surface area contributed by atoms with E-state index in [2.05, 4.69) is 10.6 Å². The maximum absolute atomic E-state index is 13.2. The van der Waals surface area contributed by atoms with E-state index in [1.165, 1.54) is 6.42 Å². The van der Waals surface area contributed by atoms with Crippen LogP contribution in [0, 0.1) is 17.8 Å². The Hall–Kier alpha value is -1.88. The summed E-state index contributed by atoms with van der Waals surface area (Å²) in [4.78, 5) is 25.6. The molecule has 2 bridgehead atoms. The molecule has 2 aliphatic rings. The third-order valence-corrected chi connectivity index (χ3v) is 5.98. The maximum atomic E-state index is 13.2. The molecule has 3 unspecified atom stereocenters. The standard InChI is InChI=1S/C22H33N3O2/c1-14(2)11-19(26)24-21(15-7-4-3-5-8-15)22(27)25-20-16-9-6-10-17(20)13-18(23)12-16/h3-5,7-8,14,16-18,20-21H,6,9-13,23H2,1-2H3,(H,24,26)(H,25,27). The molecular formula is C22H33N3O2. The lowest BCUT2D eigenvalue weighted by Crippen LogP contribution is -2.55. The number of fused-ring (bicyclic) bond motifs is 2. The van der Waals surface area contributed by atoms with Crippen molar-refractivity contribution in [2.24, 2.45) is 23.5 Å². The SMILES string of the molecule is CC(C)CC(=O)NC(C(=O)NC1C2CCCC1CC(N)C2)c1ccccc1. The molecule has 5 nitrogen and oxygen atoms in total. The molecule has 2 aliphatic carbocycles. The van der Waals surface area contributed by atoms with Crippen molar-refractivity contribution in [1.82, 2.24) is 10.6 Å². The zero-order valence-corrected chi connectivity index (χ0v) is 16.5. The Morgan fingerprint density at radius 3 is 2.33 bits per heavy atom. The van der Waals surface area contributed by atoms with Gasteiger partial charge >= 0.3 is 0 Å². The molecule has 2 fully saturated rings. The lowest BCUT2D eigenvalue weighted by Gasteiger charge is -2.45. The van der Waals surface area contributed by atoms with Crippen LogP contribution in [0.2, 0.25) is 0 Å². The van der Waals surface area contributed by atoms with Crippen molar-refractivity contribution in [3.63, 3.8) is 0 Å². The van der Waals surface area contributed by atoms with Crippen LogP contribution >= 0.6 is 0 Å². The predicted molar refractivity (Wildman–Crippen MR) is 107 cm³/mol. The summed E-state index contributed by atoms with van der Waals surface area (Å²) in [6, 6.07) is 9.31. The monoisotopic (exact) mass is 371 g/mol. The predicted octanol–water partition coefficient (Wildman–Crippen LogP) is 2.91. The van der Waals surface area contributed by atoms with Crippen molar-refractivity contribution in [3.8, 4) is 0 Å². The smallest absolute Gasteiger partial charge is 0.247 e. The van der Waals surface area contributed by atoms with Gasteiger partial charge in [0.25, 0.3) is 0 Å². The van der Waals surface area contributed by atoms with Crippen molar-refractivity contribution < 1.29 is 9.59 Å². The summed E-state index contributed by atoms with van der Waals surface area (Å²) < 4.78 is 0. The Morgan fingerprint density at radius 2 is 1.74 bits per heavy atom. The number of hydrogen-bond donors (Lipinski definition) is 3. The van der Waals surface area contributed by atoms with Crippen molar-refractivity contribution in [2.45, 2.75) is 70.5 Å². The van der Waals surface area contributed by atoms with Gasteiger partial charge < -0.3 is 16.4 Å². The highest BCUT2D eigenvalue weighted by atomic mass is 16.2. The van der Waals surface area contributed by atoms with Gasteiger partial charge in [-0.2, -0.15) is 0 Å². The second-order valence-corrected chi connectivity index (χ2v) is 8.73. The second kappa shape index (κ2) is 8.87. The molecule has 0 aliphatic heterocycles. The Morgan fingerprint density at radius 1 is 1.11 bits per heavy atom. The van der Waals surface area contributed by atoms with Crippen LogP contribution in [0.1, 0.15) is 64.0 Å². The van der Waals surface area contributed by atoms with E-state index in [0.29, 0.717) is 18.3 Å². The van der Waals surface area contributed by atoms with Crippen LogP contribution < -0.4 is 16.4 Å². The molecule has 3 rings (SSSR count). The van der Waals surface area contributed by atoms with Crippen molar-refractivity contribution in [2.75, 3.05) is 0 Å². The summed E-state index contributed by atoms with van der Waals surface area (Å²) in [6.07, 6.45) is 5.87. The number of carbonyl (C=O) groups is 2. The molecular weight excluding hydrogens is 338 g/mol. The van der Waals surface area contributed by atoms with Crippen LogP contribution in [0.4, 0.5) is 0 Å². The molecule has 27 heavy (non-hydrogen) atoms. The Kier molecular flexibility index (Phi) is 6.53. The molecule has 0 aromatic heterocycles. The molecule has 4 N–H and O–H groups in total. The van der Waals surface area contributed by atoms with E-state index in [9.17, 15) is 9.59 Å². The van der Waals surface area contributed by atoms with E-state index in [4.69, 9.17) is 5.73 Å². The highest BCUT2D eigenvalue weighted by Crippen LogP contribution is 2.39. The van der Waals surface area contributed by atoms with E-state index in [-0.39, 0.29) is 29.8 Å². The van der Waals surface area contributed by atoms with Gasteiger partial charge in [-0.1, -0.05) is 50.6 Å². The van der Waals surface area contributed by atoms with Gasteiger partial charge in [0.05, 0.1) is 0 Å². The van der Waals surface area contributed by atoms with Crippen molar-refractivity contribution in [1.29, 1.82) is 0 Å². The molecule has 1 aromatic carbocycles. The average Bonchev–Trinajstić information content (AvgIpc) is 2.60. The number of rotatable bonds is 6. The summed E-state index contributed by atoms with van der Waals surface area (Å²) in [5, 5.41) is 6.24. The Balaban J connectivity index is 1.73. The number of carbonyl (C=O) groups excluding carboxylic acids is 2. The number of amides is 2. The topological polar surface area (TPSA) is 84.2 Å². The normalized spacial score (nSPS) is 28.4. The number of hydrogen-bond acceptors (Lipinski definition) is 3. The van der Waals surface area contributed by atoms with Crippen LogP contribution in [0.15, 0.2) is 30.3 Å². The van der Waals surface area contributed by atoms with Gasteiger partial charge in [0.1, 0.15) is 6.04 Å². The lowest BCUT2D eigenvalue weighted by molar-refractivity contribution is -0.131. The maximum Gasteiger partial charge on any atom is 0.247 e. The van der Waals surface area contributed by atoms with Gasteiger partial charge in [0, 0.05) is 18.5 Å². The van der Waals surface area contributed by atoms with Gasteiger partial charge in [-0.25, -0.2) is 0 Å². The molecule has 0 radical (unpaired) electrons. The quantitative estimate of drug-likeness (QED) is 0.719. The van der Waals surface area contributed by atoms with E-state index >= 15 is 0 Å². The zero-order chi connectivity index (χ0) is 19.4. The fourth-order valence-electron chi connectivity index (χ4n) is 4.81. The largest absolute Gasteiger partial charge is 0.351 e. The minimum absolute atomic E-state index is 0.0835. The molecule has 0 saturated heterocycles. The number of benzene rings is 1. The molecule has 5 heteroatoms. The minimum atomic E-state index is -0.645. The van der Waals surface area contributed by atoms with E-state index < -0.39 is 6.04 Å². The van der Waals surface area contributed by atoms with Crippen LogP contribution in [0.3, 0.4) is 0 Å². The highest BCUT2D eigenvalue weighted by Gasteiger charge is 2.40. The molecule has 0 heterocycles. The van der Waals surface area contributed by atoms with E-state index in [1.807, 2.05) is 44.2 Å². The lowest BCUT2D eigenvalue weighted by atomic mass is 9.67. The van der Waals surface area contributed by atoms with Gasteiger partial charge in [-0.15, -0.1) is 0 Å². The number of nitrogens with one attached hydrogen (secondary N) is 2. The van der Waals surface area contributed by atoms with Crippen LogP contribution in [-0.2, 0) is 9.59 Å². The zero-order valence-electron chi connectivity index (χ0n) is 16.5. The third-order valence-electron chi connectivity index (χ3n) is 5.98. The molecule has 0 spiro atoms. The summed E-state index contributed by atoms with van der Waals surface area (Å²) in [5.74, 6) is 0.984. The fourth-order valence-corrected chi connectivity index (χ4v) is 4.81. The Bertz CT molecular complexity index is 632. The third kappa shape index (κ3) is 5.10. The van der Waals surface area contributed by atoms with Crippen LogP contribution in [0.25, 0.3) is 0 Å². The van der Waals surface area contributed by atoms with Gasteiger partial charge in [-0.05, 0) is 49.0 Å². The van der Waals surface area contributed by atoms with Crippen LogP contribution in [-0.4, -0.2) is 23.9 Å². The summed E-state index contributed by atoms with van der Waals surface area (Å²) in [7, 11) is 0. The molecule has 2 saturated carbocycles. The Labute approximate surface area is 162 Å². The van der Waals surface area contributed by atoms with E-state index in [1.54, 1.807) is 0 Å². The molecule has 2 amide bonds. The van der Waals surface area contributed by atoms with Gasteiger partial charge in [-0.3, -0.25) is 9.59 Å². The fraction of sp³-hybridized carbons (Fsp3) is 0.636. The van der Waals surface area contributed by atoms with Gasteiger partial charge in [0.2, 0.25) is 11.8 Å². The highest BCUT2D eigenvalue weighted by molar-refractivity contribution is 5.89. The summed E-state index contributed by atoms with van der Waals surface area (Å²) in [5.41, 5.74) is 7.04. The number of nitrogens with two attached hydrogens (primary N) is 1. The first-order valence-electron chi connectivity index (χ1n) is 10.3.